The van der Waals surface area contributed by atoms with Crippen LogP contribution in [0.4, 0.5) is 19.0 Å². The maximum atomic E-state index is 13.1. The average Bonchev–Trinajstić information content (AvgIpc) is 2.47. The molecule has 0 atom stereocenters. The van der Waals surface area contributed by atoms with E-state index in [4.69, 9.17) is 0 Å². The lowest BCUT2D eigenvalue weighted by Gasteiger charge is -2.36. The van der Waals surface area contributed by atoms with Gasteiger partial charge in [0.2, 0.25) is 0 Å². The standard InChI is InChI=1S/C15H22F3N3/c1-3-19-11-6-8-12(9-7-11)21(2)14-13(15(16,17)18)5-4-10-20-14/h4-5,10-12,19H,3,6-9H2,1-2H3. The van der Waals surface area contributed by atoms with Crippen LogP contribution in [-0.4, -0.2) is 30.7 Å². The molecule has 0 aliphatic heterocycles. The molecule has 1 aliphatic rings. The Morgan fingerprint density at radius 1 is 1.29 bits per heavy atom. The predicted octanol–water partition coefficient (Wildman–Crippen LogP) is 3.46. The first kappa shape index (κ1) is 16.1. The molecular weight excluding hydrogens is 279 g/mol. The maximum Gasteiger partial charge on any atom is 0.419 e. The van der Waals surface area contributed by atoms with Crippen LogP contribution in [0.2, 0.25) is 0 Å². The van der Waals surface area contributed by atoms with Gasteiger partial charge in [-0.25, -0.2) is 4.98 Å². The molecule has 1 aromatic heterocycles. The molecule has 1 heterocycles. The number of nitrogens with one attached hydrogen (secondary N) is 1. The van der Waals surface area contributed by atoms with Gasteiger partial charge in [0, 0.05) is 25.3 Å². The van der Waals surface area contributed by atoms with Gasteiger partial charge in [-0.05, 0) is 44.4 Å². The monoisotopic (exact) mass is 301 g/mol. The second-order valence-corrected chi connectivity index (χ2v) is 5.55. The highest BCUT2D eigenvalue weighted by molar-refractivity contribution is 5.48. The first-order chi connectivity index (χ1) is 9.93. The van der Waals surface area contributed by atoms with Gasteiger partial charge in [-0.15, -0.1) is 0 Å². The van der Waals surface area contributed by atoms with Crippen LogP contribution in [0.15, 0.2) is 18.3 Å². The van der Waals surface area contributed by atoms with Crippen molar-refractivity contribution < 1.29 is 13.2 Å². The van der Waals surface area contributed by atoms with Crippen LogP contribution < -0.4 is 10.2 Å². The van der Waals surface area contributed by atoms with E-state index in [1.54, 1.807) is 11.9 Å². The Morgan fingerprint density at radius 2 is 1.95 bits per heavy atom. The molecular formula is C15H22F3N3. The molecule has 2 rings (SSSR count). The minimum Gasteiger partial charge on any atom is -0.356 e. The molecule has 0 unspecified atom stereocenters. The molecule has 0 spiro atoms. The minimum atomic E-state index is -4.36. The minimum absolute atomic E-state index is 0.0388. The van der Waals surface area contributed by atoms with Gasteiger partial charge in [-0.3, -0.25) is 0 Å². The van der Waals surface area contributed by atoms with Crippen LogP contribution in [0.5, 0.6) is 0 Å². The lowest BCUT2D eigenvalue weighted by Crippen LogP contribution is -2.41. The zero-order valence-corrected chi connectivity index (χ0v) is 12.5. The zero-order chi connectivity index (χ0) is 15.5. The first-order valence-electron chi connectivity index (χ1n) is 7.42. The van der Waals surface area contributed by atoms with Gasteiger partial charge >= 0.3 is 6.18 Å². The molecule has 6 heteroatoms. The quantitative estimate of drug-likeness (QED) is 0.923. The molecule has 0 aromatic carbocycles. The van der Waals surface area contributed by atoms with E-state index in [0.717, 1.165) is 38.3 Å². The van der Waals surface area contributed by atoms with Gasteiger partial charge in [-0.2, -0.15) is 13.2 Å². The van der Waals surface area contributed by atoms with Crippen LogP contribution >= 0.6 is 0 Å². The Kier molecular flexibility index (Phi) is 5.08. The number of alkyl halides is 3. The number of aromatic nitrogens is 1. The Balaban J connectivity index is 2.09. The molecule has 1 aliphatic carbocycles. The summed E-state index contributed by atoms with van der Waals surface area (Å²) in [5.74, 6) is 0.0388. The molecule has 0 saturated heterocycles. The van der Waals surface area contributed by atoms with Crippen LogP contribution in [-0.2, 0) is 6.18 Å². The summed E-state index contributed by atoms with van der Waals surface area (Å²) in [6.45, 7) is 3.01. The Bertz CT molecular complexity index is 454. The number of anilines is 1. The van der Waals surface area contributed by atoms with Crippen molar-refractivity contribution in [3.8, 4) is 0 Å². The van der Waals surface area contributed by atoms with Crippen LogP contribution in [0.3, 0.4) is 0 Å². The van der Waals surface area contributed by atoms with Crippen LogP contribution in [0.1, 0.15) is 38.2 Å². The molecule has 3 nitrogen and oxygen atoms in total. The highest BCUT2D eigenvalue weighted by Gasteiger charge is 2.36. The van der Waals surface area contributed by atoms with Crippen molar-refractivity contribution in [2.24, 2.45) is 0 Å². The van der Waals surface area contributed by atoms with Gasteiger partial charge < -0.3 is 10.2 Å². The highest BCUT2D eigenvalue weighted by Crippen LogP contribution is 2.36. The number of halogens is 3. The van der Waals surface area contributed by atoms with E-state index in [1.165, 1.54) is 12.3 Å². The topological polar surface area (TPSA) is 28.2 Å². The summed E-state index contributed by atoms with van der Waals surface area (Å²) in [5.41, 5.74) is -0.652. The van der Waals surface area contributed by atoms with Crippen molar-refractivity contribution in [3.63, 3.8) is 0 Å². The largest absolute Gasteiger partial charge is 0.419 e. The second-order valence-electron chi connectivity index (χ2n) is 5.55. The lowest BCUT2D eigenvalue weighted by molar-refractivity contribution is -0.137. The van der Waals surface area contributed by atoms with E-state index in [9.17, 15) is 13.2 Å². The third-order valence-corrected chi connectivity index (χ3v) is 4.16. The lowest BCUT2D eigenvalue weighted by atomic mass is 9.90. The number of rotatable bonds is 4. The fourth-order valence-electron chi connectivity index (χ4n) is 3.03. The Morgan fingerprint density at radius 3 is 2.52 bits per heavy atom. The Labute approximate surface area is 123 Å². The van der Waals surface area contributed by atoms with Crippen molar-refractivity contribution in [2.75, 3.05) is 18.5 Å². The highest BCUT2D eigenvalue weighted by atomic mass is 19.4. The average molecular weight is 301 g/mol. The van der Waals surface area contributed by atoms with Crippen molar-refractivity contribution in [2.45, 2.75) is 50.9 Å². The molecule has 21 heavy (non-hydrogen) atoms. The van der Waals surface area contributed by atoms with Crippen molar-refractivity contribution in [1.82, 2.24) is 10.3 Å². The maximum absolute atomic E-state index is 13.1. The fraction of sp³-hybridized carbons (Fsp3) is 0.667. The van der Waals surface area contributed by atoms with Gasteiger partial charge in [-0.1, -0.05) is 6.92 Å². The number of pyridine rings is 1. The number of hydrogen-bond acceptors (Lipinski definition) is 3. The van der Waals surface area contributed by atoms with Crippen molar-refractivity contribution in [3.05, 3.63) is 23.9 Å². The molecule has 0 amide bonds. The van der Waals surface area contributed by atoms with Gasteiger partial charge in [0.25, 0.3) is 0 Å². The van der Waals surface area contributed by atoms with Gasteiger partial charge in [0.05, 0.1) is 5.56 Å². The molecule has 118 valence electrons. The van der Waals surface area contributed by atoms with E-state index in [1.807, 2.05) is 0 Å². The Hall–Kier alpha value is -1.30. The normalized spacial score (nSPS) is 23.1. The van der Waals surface area contributed by atoms with Crippen LogP contribution in [0.25, 0.3) is 0 Å². The summed E-state index contributed by atoms with van der Waals surface area (Å²) in [6.07, 6.45) is 0.836. The van der Waals surface area contributed by atoms with E-state index >= 15 is 0 Å². The molecule has 1 fully saturated rings. The van der Waals surface area contributed by atoms with Gasteiger partial charge in [0.1, 0.15) is 5.82 Å². The van der Waals surface area contributed by atoms with E-state index in [-0.39, 0.29) is 11.9 Å². The smallest absolute Gasteiger partial charge is 0.356 e. The molecule has 0 bridgehead atoms. The third kappa shape index (κ3) is 3.87. The van der Waals surface area contributed by atoms with E-state index < -0.39 is 11.7 Å². The van der Waals surface area contributed by atoms with Gasteiger partial charge in [0.15, 0.2) is 0 Å². The zero-order valence-electron chi connectivity index (χ0n) is 12.5. The molecule has 1 N–H and O–H groups in total. The summed E-state index contributed by atoms with van der Waals surface area (Å²) in [7, 11) is 1.72. The fourth-order valence-corrected chi connectivity index (χ4v) is 3.03. The van der Waals surface area contributed by atoms with E-state index in [0.29, 0.717) is 6.04 Å². The summed E-state index contributed by atoms with van der Waals surface area (Å²) < 4.78 is 39.2. The predicted molar refractivity (Wildman–Crippen MR) is 77.4 cm³/mol. The molecule has 0 radical (unpaired) electrons. The van der Waals surface area contributed by atoms with E-state index in [2.05, 4.69) is 17.2 Å². The second kappa shape index (κ2) is 6.64. The third-order valence-electron chi connectivity index (χ3n) is 4.16. The summed E-state index contributed by atoms with van der Waals surface area (Å²) in [6, 6.07) is 3.05. The summed E-state index contributed by atoms with van der Waals surface area (Å²) >= 11 is 0. The molecule has 1 saturated carbocycles. The SMILES string of the molecule is CCNC1CCC(N(C)c2ncccc2C(F)(F)F)CC1. The first-order valence-corrected chi connectivity index (χ1v) is 7.42. The van der Waals surface area contributed by atoms with Crippen LogP contribution in [0, 0.1) is 0 Å². The summed E-state index contributed by atoms with van der Waals surface area (Å²) in [5, 5.41) is 3.41. The summed E-state index contributed by atoms with van der Waals surface area (Å²) in [4.78, 5) is 5.67. The molecule has 1 aromatic rings. The number of hydrogen-bond donors (Lipinski definition) is 1. The number of nitrogens with zero attached hydrogens (tertiary/aromatic N) is 2. The van der Waals surface area contributed by atoms with Crippen molar-refractivity contribution >= 4 is 5.82 Å². The van der Waals surface area contributed by atoms with Crippen molar-refractivity contribution in [1.29, 1.82) is 0 Å².